The highest BCUT2D eigenvalue weighted by Crippen LogP contribution is 2.09. The second-order valence-corrected chi connectivity index (χ2v) is 3.58. The van der Waals surface area contributed by atoms with Gasteiger partial charge < -0.3 is 4.57 Å². The van der Waals surface area contributed by atoms with Gasteiger partial charge in [-0.2, -0.15) is 0 Å². The molecule has 0 unspecified atom stereocenters. The number of rotatable bonds is 1. The SMILES string of the molecule is CCn1c(C)c2c(=O)n(C)[nH]c2cc1=O. The number of hydrogen-bond acceptors (Lipinski definition) is 2. The number of aromatic amines is 1. The van der Waals surface area contributed by atoms with E-state index in [-0.39, 0.29) is 11.1 Å². The van der Waals surface area contributed by atoms with E-state index in [1.807, 2.05) is 6.92 Å². The summed E-state index contributed by atoms with van der Waals surface area (Å²) in [6.45, 7) is 4.26. The topological polar surface area (TPSA) is 59.8 Å². The van der Waals surface area contributed by atoms with Gasteiger partial charge in [0.15, 0.2) is 0 Å². The Hall–Kier alpha value is -1.78. The molecule has 0 aromatic carbocycles. The molecule has 15 heavy (non-hydrogen) atoms. The monoisotopic (exact) mass is 207 g/mol. The molecule has 80 valence electrons. The van der Waals surface area contributed by atoms with E-state index in [0.717, 1.165) is 5.69 Å². The zero-order valence-corrected chi connectivity index (χ0v) is 9.00. The Morgan fingerprint density at radius 2 is 2.07 bits per heavy atom. The van der Waals surface area contributed by atoms with Crippen molar-refractivity contribution >= 4 is 10.9 Å². The fourth-order valence-electron chi connectivity index (χ4n) is 1.92. The Balaban J connectivity index is 3.06. The first-order valence-electron chi connectivity index (χ1n) is 4.85. The lowest BCUT2D eigenvalue weighted by molar-refractivity contribution is 0.708. The normalized spacial score (nSPS) is 11.1. The van der Waals surface area contributed by atoms with Crippen molar-refractivity contribution in [1.29, 1.82) is 0 Å². The Kier molecular flexibility index (Phi) is 2.03. The van der Waals surface area contributed by atoms with Crippen LogP contribution in [0.5, 0.6) is 0 Å². The molecule has 2 heterocycles. The molecule has 1 N–H and O–H groups in total. The number of nitrogens with one attached hydrogen (secondary N) is 1. The Morgan fingerprint density at radius 3 is 2.67 bits per heavy atom. The summed E-state index contributed by atoms with van der Waals surface area (Å²) in [5, 5.41) is 3.45. The third-order valence-electron chi connectivity index (χ3n) is 2.69. The van der Waals surface area contributed by atoms with Crippen molar-refractivity contribution in [1.82, 2.24) is 14.3 Å². The van der Waals surface area contributed by atoms with Gasteiger partial charge in [0.1, 0.15) is 0 Å². The fourth-order valence-corrected chi connectivity index (χ4v) is 1.92. The second kappa shape index (κ2) is 3.12. The van der Waals surface area contributed by atoms with Gasteiger partial charge in [-0.05, 0) is 13.8 Å². The maximum atomic E-state index is 11.7. The van der Waals surface area contributed by atoms with Crippen molar-refractivity contribution < 1.29 is 0 Å². The molecular weight excluding hydrogens is 194 g/mol. The number of H-pyrrole nitrogens is 1. The van der Waals surface area contributed by atoms with E-state index in [1.165, 1.54) is 10.7 Å². The molecule has 0 fully saturated rings. The van der Waals surface area contributed by atoms with Crippen LogP contribution in [0.3, 0.4) is 0 Å². The Labute approximate surface area is 85.9 Å². The minimum atomic E-state index is -0.0929. The number of aromatic nitrogens is 3. The summed E-state index contributed by atoms with van der Waals surface area (Å²) in [6, 6.07) is 1.47. The maximum absolute atomic E-state index is 11.7. The van der Waals surface area contributed by atoms with E-state index in [9.17, 15) is 9.59 Å². The first-order chi connectivity index (χ1) is 7.06. The van der Waals surface area contributed by atoms with Crippen LogP contribution in [0.1, 0.15) is 12.6 Å². The van der Waals surface area contributed by atoms with Gasteiger partial charge in [-0.3, -0.25) is 19.4 Å². The minimum Gasteiger partial charge on any atom is -0.312 e. The summed E-state index contributed by atoms with van der Waals surface area (Å²) >= 11 is 0. The van der Waals surface area contributed by atoms with E-state index in [0.29, 0.717) is 17.4 Å². The predicted octanol–water partition coefficient (Wildman–Crippen LogP) is 0.357. The zero-order valence-electron chi connectivity index (χ0n) is 9.00. The van der Waals surface area contributed by atoms with Crippen LogP contribution in [0.2, 0.25) is 0 Å². The smallest absolute Gasteiger partial charge is 0.275 e. The summed E-state index contributed by atoms with van der Waals surface area (Å²) in [5.41, 5.74) is 1.16. The van der Waals surface area contributed by atoms with Gasteiger partial charge in [-0.15, -0.1) is 0 Å². The average molecular weight is 207 g/mol. The first-order valence-corrected chi connectivity index (χ1v) is 4.85. The number of nitrogens with zero attached hydrogens (tertiary/aromatic N) is 2. The lowest BCUT2D eigenvalue weighted by Crippen LogP contribution is -2.22. The molecule has 0 spiro atoms. The molecule has 0 aliphatic heterocycles. The third kappa shape index (κ3) is 1.23. The Bertz CT molecular complexity index is 630. The van der Waals surface area contributed by atoms with Gasteiger partial charge in [0, 0.05) is 25.4 Å². The molecule has 0 amide bonds. The molecule has 2 rings (SSSR count). The summed E-state index contributed by atoms with van der Waals surface area (Å²) in [6.07, 6.45) is 0. The van der Waals surface area contributed by atoms with Crippen LogP contribution < -0.4 is 11.1 Å². The highest BCUT2D eigenvalue weighted by atomic mass is 16.1. The molecule has 5 heteroatoms. The molecule has 0 saturated heterocycles. The van der Waals surface area contributed by atoms with Crippen LogP contribution in [0.15, 0.2) is 15.7 Å². The van der Waals surface area contributed by atoms with Crippen LogP contribution in [-0.4, -0.2) is 14.3 Å². The summed E-state index contributed by atoms with van der Waals surface area (Å²) in [7, 11) is 1.64. The molecule has 2 aromatic heterocycles. The van der Waals surface area contributed by atoms with Crippen molar-refractivity contribution in [3.8, 4) is 0 Å². The van der Waals surface area contributed by atoms with Crippen molar-refractivity contribution in [2.24, 2.45) is 7.05 Å². The quantitative estimate of drug-likeness (QED) is 0.733. The number of pyridine rings is 1. The molecule has 2 aromatic rings. The number of hydrogen-bond donors (Lipinski definition) is 1. The highest BCUT2D eigenvalue weighted by molar-refractivity contribution is 5.79. The summed E-state index contributed by atoms with van der Waals surface area (Å²) in [5.74, 6) is 0. The van der Waals surface area contributed by atoms with Crippen molar-refractivity contribution in [2.45, 2.75) is 20.4 Å². The molecule has 5 nitrogen and oxygen atoms in total. The van der Waals surface area contributed by atoms with Gasteiger partial charge >= 0.3 is 0 Å². The van der Waals surface area contributed by atoms with Crippen molar-refractivity contribution in [3.05, 3.63) is 32.5 Å². The molecule has 0 aliphatic carbocycles. The van der Waals surface area contributed by atoms with Crippen LogP contribution in [0, 0.1) is 6.92 Å². The van der Waals surface area contributed by atoms with Crippen molar-refractivity contribution in [3.63, 3.8) is 0 Å². The molecule has 0 bridgehead atoms. The highest BCUT2D eigenvalue weighted by Gasteiger charge is 2.11. The van der Waals surface area contributed by atoms with E-state index >= 15 is 0 Å². The average Bonchev–Trinajstić information content (AvgIpc) is 2.43. The van der Waals surface area contributed by atoms with Crippen molar-refractivity contribution in [2.75, 3.05) is 0 Å². The van der Waals surface area contributed by atoms with Crippen LogP contribution in [-0.2, 0) is 13.6 Å². The predicted molar refractivity (Wildman–Crippen MR) is 58.2 cm³/mol. The first kappa shape index (κ1) is 9.76. The zero-order chi connectivity index (χ0) is 11.2. The largest absolute Gasteiger partial charge is 0.312 e. The molecule has 0 atom stereocenters. The molecule has 0 radical (unpaired) electrons. The lowest BCUT2D eigenvalue weighted by Gasteiger charge is -2.05. The molecule has 0 aliphatic rings. The van der Waals surface area contributed by atoms with Crippen LogP contribution in [0.25, 0.3) is 10.9 Å². The van der Waals surface area contributed by atoms with Gasteiger partial charge in [0.25, 0.3) is 11.1 Å². The standard InChI is InChI=1S/C10H13N3O2/c1-4-13-6(2)9-7(5-8(13)14)11-12(3)10(9)15/h5,11H,4H2,1-3H3. The number of aryl methyl sites for hydroxylation is 2. The number of fused-ring (bicyclic) bond motifs is 1. The fraction of sp³-hybridized carbons (Fsp3) is 0.400. The van der Waals surface area contributed by atoms with E-state index < -0.39 is 0 Å². The van der Waals surface area contributed by atoms with Gasteiger partial charge in [0.2, 0.25) is 0 Å². The summed E-state index contributed by atoms with van der Waals surface area (Å²) in [4.78, 5) is 23.4. The molecule has 0 saturated carbocycles. The van der Waals surface area contributed by atoms with Gasteiger partial charge in [-0.1, -0.05) is 0 Å². The molecular formula is C10H13N3O2. The van der Waals surface area contributed by atoms with E-state index in [4.69, 9.17) is 0 Å². The van der Waals surface area contributed by atoms with E-state index in [2.05, 4.69) is 5.10 Å². The maximum Gasteiger partial charge on any atom is 0.275 e. The third-order valence-corrected chi connectivity index (χ3v) is 2.69. The van der Waals surface area contributed by atoms with Gasteiger partial charge in [0.05, 0.1) is 10.9 Å². The van der Waals surface area contributed by atoms with E-state index in [1.54, 1.807) is 18.5 Å². The Morgan fingerprint density at radius 1 is 1.40 bits per heavy atom. The van der Waals surface area contributed by atoms with Gasteiger partial charge in [-0.25, -0.2) is 0 Å². The lowest BCUT2D eigenvalue weighted by atomic mass is 10.2. The minimum absolute atomic E-state index is 0.0793. The summed E-state index contributed by atoms with van der Waals surface area (Å²) < 4.78 is 2.98. The van der Waals surface area contributed by atoms with Crippen LogP contribution >= 0.6 is 0 Å². The van der Waals surface area contributed by atoms with Crippen LogP contribution in [0.4, 0.5) is 0 Å². The second-order valence-electron chi connectivity index (χ2n) is 3.58.